The first kappa shape index (κ1) is 8.88. The molecule has 0 aromatic heterocycles. The van der Waals surface area contributed by atoms with Gasteiger partial charge < -0.3 is 5.11 Å². The van der Waals surface area contributed by atoms with E-state index in [0.717, 1.165) is 6.54 Å². The second kappa shape index (κ2) is 6.01. The van der Waals surface area contributed by atoms with Crippen LogP contribution in [0.5, 0.6) is 0 Å². The lowest BCUT2D eigenvalue weighted by Crippen LogP contribution is -2.19. The average Bonchev–Trinajstić information content (AvgIpc) is 1.89. The number of aliphatic hydroxyl groups is 1. The Hall–Kier alpha value is -0.120. The normalized spacial score (nSPS) is 10.7. The van der Waals surface area contributed by atoms with Gasteiger partial charge in [-0.05, 0) is 6.42 Å². The van der Waals surface area contributed by atoms with Crippen molar-refractivity contribution in [2.24, 2.45) is 0 Å². The van der Waals surface area contributed by atoms with Crippen molar-refractivity contribution in [3.05, 3.63) is 0 Å². The number of hydrogen-bond donors (Lipinski definition) is 1. The first-order valence-electron chi connectivity index (χ1n) is 3.26. The highest BCUT2D eigenvalue weighted by atomic mass is 16.7. The van der Waals surface area contributed by atoms with Crippen LogP contribution in [0.4, 0.5) is 0 Å². The van der Waals surface area contributed by atoms with Crippen molar-refractivity contribution in [3.63, 3.8) is 0 Å². The van der Waals surface area contributed by atoms with Gasteiger partial charge in [0, 0.05) is 20.2 Å². The first-order chi connectivity index (χ1) is 4.31. The van der Waals surface area contributed by atoms with Gasteiger partial charge in [-0.15, -0.1) is 0 Å². The third-order valence-electron chi connectivity index (χ3n) is 1.06. The van der Waals surface area contributed by atoms with Crippen molar-refractivity contribution in [2.45, 2.75) is 13.3 Å². The Morgan fingerprint density at radius 2 is 2.22 bits per heavy atom. The van der Waals surface area contributed by atoms with Crippen molar-refractivity contribution < 1.29 is 9.94 Å². The molecule has 3 nitrogen and oxygen atoms in total. The number of hydroxylamine groups is 2. The smallest absolute Gasteiger partial charge is 0.0706 e. The third-order valence-corrected chi connectivity index (χ3v) is 1.06. The van der Waals surface area contributed by atoms with Gasteiger partial charge in [-0.25, -0.2) is 0 Å². The summed E-state index contributed by atoms with van der Waals surface area (Å²) < 4.78 is 0. The molecule has 0 aromatic carbocycles. The van der Waals surface area contributed by atoms with Crippen molar-refractivity contribution in [1.29, 1.82) is 0 Å². The molecule has 0 unspecified atom stereocenters. The quantitative estimate of drug-likeness (QED) is 0.431. The average molecular weight is 133 g/mol. The van der Waals surface area contributed by atoms with E-state index >= 15 is 0 Å². The molecule has 0 rings (SSSR count). The van der Waals surface area contributed by atoms with E-state index in [1.54, 1.807) is 5.06 Å². The molecule has 0 bridgehead atoms. The second-order valence-corrected chi connectivity index (χ2v) is 1.85. The molecule has 0 fully saturated rings. The molecule has 0 spiro atoms. The maximum atomic E-state index is 8.35. The second-order valence-electron chi connectivity index (χ2n) is 1.85. The molecule has 0 aromatic rings. The number of hydrogen-bond acceptors (Lipinski definition) is 3. The van der Waals surface area contributed by atoms with Crippen molar-refractivity contribution in [1.82, 2.24) is 5.06 Å². The predicted molar refractivity (Wildman–Crippen MR) is 36.0 cm³/mol. The van der Waals surface area contributed by atoms with E-state index in [4.69, 9.17) is 9.94 Å². The fraction of sp³-hybridized carbons (Fsp3) is 1.00. The van der Waals surface area contributed by atoms with Gasteiger partial charge in [-0.1, -0.05) is 6.92 Å². The van der Waals surface area contributed by atoms with E-state index < -0.39 is 0 Å². The number of rotatable bonds is 5. The van der Waals surface area contributed by atoms with Crippen LogP contribution >= 0.6 is 0 Å². The highest BCUT2D eigenvalue weighted by molar-refractivity contribution is 4.29. The van der Waals surface area contributed by atoms with Gasteiger partial charge in [-0.2, -0.15) is 5.06 Å². The zero-order valence-electron chi connectivity index (χ0n) is 6.13. The molecule has 0 heterocycles. The van der Waals surface area contributed by atoms with Gasteiger partial charge in [0.25, 0.3) is 0 Å². The van der Waals surface area contributed by atoms with E-state index in [1.807, 2.05) is 14.0 Å². The molecule has 0 aliphatic carbocycles. The van der Waals surface area contributed by atoms with Gasteiger partial charge in [0.15, 0.2) is 0 Å². The van der Waals surface area contributed by atoms with Gasteiger partial charge in [-0.3, -0.25) is 4.84 Å². The molecule has 0 amide bonds. The molecule has 0 aliphatic heterocycles. The van der Waals surface area contributed by atoms with E-state index in [2.05, 4.69) is 0 Å². The first-order valence-corrected chi connectivity index (χ1v) is 3.26. The summed E-state index contributed by atoms with van der Waals surface area (Å²) in [6, 6.07) is 0. The maximum absolute atomic E-state index is 8.35. The molecule has 0 aliphatic rings. The molecule has 0 saturated carbocycles. The minimum absolute atomic E-state index is 0.206. The van der Waals surface area contributed by atoms with E-state index in [9.17, 15) is 0 Å². The third kappa shape index (κ3) is 5.76. The molecular formula is C6H15NO2. The van der Waals surface area contributed by atoms with Crippen LogP contribution in [-0.2, 0) is 4.84 Å². The topological polar surface area (TPSA) is 32.7 Å². The lowest BCUT2D eigenvalue weighted by molar-refractivity contribution is -0.138. The summed E-state index contributed by atoms with van der Waals surface area (Å²) in [5.41, 5.74) is 0. The van der Waals surface area contributed by atoms with Crippen molar-refractivity contribution in [3.8, 4) is 0 Å². The van der Waals surface area contributed by atoms with E-state index in [-0.39, 0.29) is 6.61 Å². The number of aliphatic hydroxyl groups excluding tert-OH is 1. The molecule has 0 atom stereocenters. The summed E-state index contributed by atoms with van der Waals surface area (Å²) in [5, 5.41) is 10.1. The zero-order valence-corrected chi connectivity index (χ0v) is 6.13. The Kier molecular flexibility index (Phi) is 5.93. The van der Waals surface area contributed by atoms with Gasteiger partial charge in [0.05, 0.1) is 6.61 Å². The molecule has 9 heavy (non-hydrogen) atoms. The Balaban J connectivity index is 2.88. The Bertz CT molecular complexity index is 59.0. The minimum atomic E-state index is 0.206. The van der Waals surface area contributed by atoms with Crippen LogP contribution in [0.1, 0.15) is 13.3 Å². The van der Waals surface area contributed by atoms with Crippen LogP contribution in [0, 0.1) is 0 Å². The largest absolute Gasteiger partial charge is 0.396 e. The standard InChI is InChI=1S/C6H15NO2/c1-3-7(2)9-6-4-5-8/h8H,3-6H2,1-2H3. The summed E-state index contributed by atoms with van der Waals surface area (Å²) in [5.74, 6) is 0. The van der Waals surface area contributed by atoms with Crippen LogP contribution < -0.4 is 0 Å². The van der Waals surface area contributed by atoms with E-state index in [0.29, 0.717) is 13.0 Å². The highest BCUT2D eigenvalue weighted by Crippen LogP contribution is 1.85. The Morgan fingerprint density at radius 3 is 2.67 bits per heavy atom. The molecule has 56 valence electrons. The molecular weight excluding hydrogens is 118 g/mol. The zero-order chi connectivity index (χ0) is 7.11. The summed E-state index contributed by atoms with van der Waals surface area (Å²) >= 11 is 0. The Morgan fingerprint density at radius 1 is 1.56 bits per heavy atom. The van der Waals surface area contributed by atoms with Gasteiger partial charge in [0.1, 0.15) is 0 Å². The summed E-state index contributed by atoms with van der Waals surface area (Å²) in [6.45, 7) is 3.71. The van der Waals surface area contributed by atoms with E-state index in [1.165, 1.54) is 0 Å². The lowest BCUT2D eigenvalue weighted by atomic mass is 10.5. The summed E-state index contributed by atoms with van der Waals surface area (Å²) in [7, 11) is 1.87. The minimum Gasteiger partial charge on any atom is -0.396 e. The molecule has 0 radical (unpaired) electrons. The maximum Gasteiger partial charge on any atom is 0.0706 e. The molecule has 3 heteroatoms. The highest BCUT2D eigenvalue weighted by Gasteiger charge is 1.91. The number of nitrogens with zero attached hydrogens (tertiary/aromatic N) is 1. The van der Waals surface area contributed by atoms with Crippen LogP contribution in [-0.4, -0.2) is 37.0 Å². The van der Waals surface area contributed by atoms with Crippen LogP contribution in [0.3, 0.4) is 0 Å². The fourth-order valence-corrected chi connectivity index (χ4v) is 0.376. The van der Waals surface area contributed by atoms with Gasteiger partial charge >= 0.3 is 0 Å². The molecule has 1 N–H and O–H groups in total. The Labute approximate surface area is 56.2 Å². The van der Waals surface area contributed by atoms with Crippen LogP contribution in [0.25, 0.3) is 0 Å². The molecule has 0 saturated heterocycles. The summed E-state index contributed by atoms with van der Waals surface area (Å²) in [6.07, 6.45) is 0.713. The fourth-order valence-electron chi connectivity index (χ4n) is 0.376. The van der Waals surface area contributed by atoms with Crippen molar-refractivity contribution in [2.75, 3.05) is 26.8 Å². The van der Waals surface area contributed by atoms with Crippen molar-refractivity contribution >= 4 is 0 Å². The van der Waals surface area contributed by atoms with Crippen LogP contribution in [0.15, 0.2) is 0 Å². The summed E-state index contributed by atoms with van der Waals surface area (Å²) in [4.78, 5) is 5.10. The SMILES string of the molecule is CCN(C)OCCCO. The predicted octanol–water partition coefficient (Wildman–Crippen LogP) is 0.252. The van der Waals surface area contributed by atoms with Crippen LogP contribution in [0.2, 0.25) is 0 Å². The van der Waals surface area contributed by atoms with Gasteiger partial charge in [0.2, 0.25) is 0 Å². The monoisotopic (exact) mass is 133 g/mol. The lowest BCUT2D eigenvalue weighted by Gasteiger charge is -2.12.